The minimum Gasteiger partial charge on any atom is -0.468 e. The van der Waals surface area contributed by atoms with Crippen molar-refractivity contribution in [2.24, 2.45) is 0 Å². The van der Waals surface area contributed by atoms with E-state index in [-0.39, 0.29) is 25.0 Å². The van der Waals surface area contributed by atoms with Crippen molar-refractivity contribution in [3.8, 4) is 16.9 Å². The van der Waals surface area contributed by atoms with Gasteiger partial charge in [-0.05, 0) is 96.3 Å². The van der Waals surface area contributed by atoms with Crippen LogP contribution in [0.3, 0.4) is 0 Å². The van der Waals surface area contributed by atoms with Crippen molar-refractivity contribution >= 4 is 67.6 Å². The van der Waals surface area contributed by atoms with Crippen LogP contribution >= 0.6 is 34.2 Å². The van der Waals surface area contributed by atoms with E-state index in [0.29, 0.717) is 18.2 Å². The maximum atomic E-state index is 13.0. The van der Waals surface area contributed by atoms with Crippen LogP contribution in [-0.2, 0) is 9.47 Å². The number of pyridine rings is 1. The molecule has 2 bridgehead atoms. The Labute approximate surface area is 258 Å². The monoisotopic (exact) mass is 685 g/mol. The quantitative estimate of drug-likeness (QED) is 0.121. The number of rotatable bonds is 5. The van der Waals surface area contributed by atoms with Gasteiger partial charge in [0.1, 0.15) is 22.3 Å². The van der Waals surface area contributed by atoms with Crippen molar-refractivity contribution in [1.29, 1.82) is 0 Å². The molecule has 7 nitrogen and oxygen atoms in total. The molecule has 2 saturated heterocycles. The van der Waals surface area contributed by atoms with Crippen LogP contribution in [0.1, 0.15) is 33.6 Å². The molecule has 214 valence electrons. The van der Waals surface area contributed by atoms with Crippen molar-refractivity contribution < 1.29 is 19.0 Å². The summed E-state index contributed by atoms with van der Waals surface area (Å²) in [6.07, 6.45) is 1.68. The summed E-state index contributed by atoms with van der Waals surface area (Å²) in [4.78, 5) is 22.1. The van der Waals surface area contributed by atoms with Gasteiger partial charge >= 0.3 is 6.09 Å². The third-order valence-corrected chi connectivity index (χ3v) is 9.44. The number of nitrogens with zero attached hydrogens (tertiary/aromatic N) is 3. The van der Waals surface area contributed by atoms with E-state index in [2.05, 4.69) is 70.0 Å². The molecule has 2 aliphatic rings. The molecular formula is C32H33ClIN3O4. The van der Waals surface area contributed by atoms with Crippen molar-refractivity contribution in [2.45, 2.75) is 51.3 Å². The summed E-state index contributed by atoms with van der Waals surface area (Å²) in [5.74, 6) is 1.61. The van der Waals surface area contributed by atoms with Gasteiger partial charge in [-0.1, -0.05) is 48.0 Å². The predicted molar refractivity (Wildman–Crippen MR) is 172 cm³/mol. The molecule has 0 N–H and O–H groups in total. The molecule has 2 atom stereocenters. The lowest BCUT2D eigenvalue weighted by molar-refractivity contribution is 0.0123. The lowest BCUT2D eigenvalue weighted by atomic mass is 9.96. The molecule has 0 saturated carbocycles. The number of piperazine rings is 1. The number of hydrogen-bond donors (Lipinski definition) is 0. The first-order valence-corrected chi connectivity index (χ1v) is 15.3. The largest absolute Gasteiger partial charge is 0.468 e. The minimum atomic E-state index is -0.520. The summed E-state index contributed by atoms with van der Waals surface area (Å²) in [5, 5.41) is 4.81. The zero-order valence-electron chi connectivity index (χ0n) is 23.6. The average Bonchev–Trinajstić information content (AvgIpc) is 3.22. The highest BCUT2D eigenvalue weighted by molar-refractivity contribution is 14.1. The number of anilines is 1. The molecule has 6 rings (SSSR count). The Hall–Kier alpha value is -2.82. The van der Waals surface area contributed by atoms with Gasteiger partial charge in [0.05, 0.1) is 15.7 Å². The molecule has 4 aromatic rings. The third-order valence-electron chi connectivity index (χ3n) is 7.76. The molecule has 1 aromatic heterocycles. The van der Waals surface area contributed by atoms with Crippen LogP contribution in [0, 0.1) is 3.57 Å². The first-order valence-electron chi connectivity index (χ1n) is 13.8. The Bertz CT molecular complexity index is 1630. The summed E-state index contributed by atoms with van der Waals surface area (Å²) in [6, 6.07) is 19.0. The highest BCUT2D eigenvalue weighted by atomic mass is 127. The normalized spacial score (nSPS) is 18.8. The van der Waals surface area contributed by atoms with Crippen LogP contribution in [0.15, 0.2) is 54.6 Å². The van der Waals surface area contributed by atoms with Crippen LogP contribution in [0.25, 0.3) is 32.7 Å². The fourth-order valence-electron chi connectivity index (χ4n) is 6.06. The molecular weight excluding hydrogens is 653 g/mol. The molecule has 1 amide bonds. The molecule has 0 radical (unpaired) electrons. The number of ether oxygens (including phenoxy) is 3. The van der Waals surface area contributed by atoms with E-state index in [1.54, 1.807) is 7.11 Å². The molecule has 3 aromatic carbocycles. The van der Waals surface area contributed by atoms with E-state index in [4.69, 9.17) is 30.8 Å². The predicted octanol–water partition coefficient (Wildman–Crippen LogP) is 7.88. The van der Waals surface area contributed by atoms with Crippen LogP contribution in [0.5, 0.6) is 5.75 Å². The van der Waals surface area contributed by atoms with Crippen molar-refractivity contribution in [3.05, 3.63) is 63.3 Å². The SMILES string of the molecule is COCOc1cc(-c2ccc3c(N4C[C@H]5CC[C@@H](C4)N5C(=O)OC(C)(C)C)nc(Cl)c(I)c3c2)c2ccccc2c1. The number of carbonyl (C=O) groups excluding carboxylic acids is 1. The Morgan fingerprint density at radius 2 is 1.76 bits per heavy atom. The lowest BCUT2D eigenvalue weighted by Crippen LogP contribution is -2.57. The molecule has 0 spiro atoms. The third kappa shape index (κ3) is 5.53. The van der Waals surface area contributed by atoms with Gasteiger partial charge in [0.15, 0.2) is 6.79 Å². The Morgan fingerprint density at radius 1 is 1.02 bits per heavy atom. The van der Waals surface area contributed by atoms with Gasteiger partial charge in [0, 0.05) is 31.0 Å². The molecule has 9 heteroatoms. The second kappa shape index (κ2) is 11.1. The minimum absolute atomic E-state index is 0.0824. The maximum absolute atomic E-state index is 13.0. The number of halogens is 2. The zero-order chi connectivity index (χ0) is 28.9. The number of hydrogen-bond acceptors (Lipinski definition) is 6. The summed E-state index contributed by atoms with van der Waals surface area (Å²) in [6.45, 7) is 7.30. The fraction of sp³-hybridized carbons (Fsp3) is 0.375. The fourth-order valence-corrected chi connectivity index (χ4v) is 6.81. The van der Waals surface area contributed by atoms with E-state index >= 15 is 0 Å². The summed E-state index contributed by atoms with van der Waals surface area (Å²) in [5.41, 5.74) is 1.62. The maximum Gasteiger partial charge on any atom is 0.410 e. The number of amides is 1. The Morgan fingerprint density at radius 3 is 2.46 bits per heavy atom. The highest BCUT2D eigenvalue weighted by Gasteiger charge is 2.45. The lowest BCUT2D eigenvalue weighted by Gasteiger charge is -2.42. The molecule has 3 heterocycles. The topological polar surface area (TPSA) is 64.1 Å². The van der Waals surface area contributed by atoms with Crippen LogP contribution < -0.4 is 9.64 Å². The average molecular weight is 686 g/mol. The van der Waals surface area contributed by atoms with Gasteiger partial charge in [-0.3, -0.25) is 4.90 Å². The first-order chi connectivity index (χ1) is 19.6. The van der Waals surface area contributed by atoms with E-state index in [9.17, 15) is 4.79 Å². The smallest absolute Gasteiger partial charge is 0.410 e. The van der Waals surface area contributed by atoms with Gasteiger partial charge in [0.2, 0.25) is 0 Å². The van der Waals surface area contributed by atoms with Gasteiger partial charge in [-0.2, -0.15) is 0 Å². The Balaban J connectivity index is 1.38. The van der Waals surface area contributed by atoms with Gasteiger partial charge < -0.3 is 19.1 Å². The molecule has 2 aliphatic heterocycles. The van der Waals surface area contributed by atoms with Crippen molar-refractivity contribution in [1.82, 2.24) is 9.88 Å². The summed E-state index contributed by atoms with van der Waals surface area (Å²) in [7, 11) is 1.62. The highest BCUT2D eigenvalue weighted by Crippen LogP contribution is 2.41. The van der Waals surface area contributed by atoms with Gasteiger partial charge in [-0.15, -0.1) is 0 Å². The summed E-state index contributed by atoms with van der Waals surface area (Å²) < 4.78 is 17.6. The van der Waals surface area contributed by atoms with Crippen LogP contribution in [0.4, 0.5) is 10.6 Å². The Kier molecular flexibility index (Phi) is 7.67. The standard InChI is InChI=1S/C32H33ClIN3O4/c1-32(2,3)41-31(38)37-21-10-11-22(37)17-36(16-21)30-25-12-9-20(14-27(25)28(34)29(33)35-30)26-15-23(40-18-39-4)13-19-7-5-6-8-24(19)26/h5-9,12-15,21-22H,10-11,16-18H2,1-4H3/t21-,22+. The number of benzene rings is 3. The number of aromatic nitrogens is 1. The molecule has 0 aliphatic carbocycles. The first kappa shape index (κ1) is 28.3. The molecule has 0 unspecified atom stereocenters. The molecule has 2 fully saturated rings. The van der Waals surface area contributed by atoms with Gasteiger partial charge in [-0.25, -0.2) is 9.78 Å². The zero-order valence-corrected chi connectivity index (χ0v) is 26.5. The second-order valence-electron chi connectivity index (χ2n) is 11.7. The second-order valence-corrected chi connectivity index (χ2v) is 13.2. The van der Waals surface area contributed by atoms with Crippen LogP contribution in [0.2, 0.25) is 5.15 Å². The number of fused-ring (bicyclic) bond motifs is 4. The van der Waals surface area contributed by atoms with Crippen LogP contribution in [-0.4, -0.2) is 60.7 Å². The van der Waals surface area contributed by atoms with E-state index < -0.39 is 5.60 Å². The van der Waals surface area contributed by atoms with Crippen molar-refractivity contribution in [3.63, 3.8) is 0 Å². The van der Waals surface area contributed by atoms with E-state index in [1.807, 2.05) is 37.8 Å². The molecule has 41 heavy (non-hydrogen) atoms. The number of carbonyl (C=O) groups is 1. The summed E-state index contributed by atoms with van der Waals surface area (Å²) >= 11 is 9.05. The van der Waals surface area contributed by atoms with Crippen molar-refractivity contribution in [2.75, 3.05) is 31.9 Å². The van der Waals surface area contributed by atoms with E-state index in [0.717, 1.165) is 60.7 Å². The van der Waals surface area contributed by atoms with Gasteiger partial charge in [0.25, 0.3) is 0 Å². The van der Waals surface area contributed by atoms with E-state index in [1.165, 1.54) is 0 Å². The number of methoxy groups -OCH3 is 1.